The Hall–Kier alpha value is -6.19. The summed E-state index contributed by atoms with van der Waals surface area (Å²) in [6.45, 7) is 9.74. The van der Waals surface area contributed by atoms with Gasteiger partial charge in [-0.3, -0.25) is 4.98 Å². The number of para-hydroxylation sites is 2. The molecule has 0 spiro atoms. The van der Waals surface area contributed by atoms with Gasteiger partial charge in [0.25, 0.3) is 0 Å². The molecule has 11 rings (SSSR count). The van der Waals surface area contributed by atoms with Gasteiger partial charge in [0.2, 0.25) is 0 Å². The second kappa shape index (κ2) is 10.9. The Morgan fingerprint density at radius 1 is 0.593 bits per heavy atom. The molecular formula is C51H40N2O. The van der Waals surface area contributed by atoms with E-state index >= 15 is 0 Å². The van der Waals surface area contributed by atoms with Crippen LogP contribution in [0, 0.1) is 5.92 Å². The van der Waals surface area contributed by atoms with E-state index in [0.717, 1.165) is 38.9 Å². The maximum Gasteiger partial charge on any atom is 0.154 e. The Kier molecular flexibility index (Phi) is 6.34. The Labute approximate surface area is 315 Å². The monoisotopic (exact) mass is 696 g/mol. The zero-order chi connectivity index (χ0) is 36.4. The molecule has 2 aromatic heterocycles. The summed E-state index contributed by atoms with van der Waals surface area (Å²) in [6, 6.07) is 48.6. The summed E-state index contributed by atoms with van der Waals surface area (Å²) in [5, 5.41) is 6.27. The lowest BCUT2D eigenvalue weighted by atomic mass is 9.52. The Balaban J connectivity index is 1.10. The molecule has 0 fully saturated rings. The van der Waals surface area contributed by atoms with Crippen molar-refractivity contribution in [3.63, 3.8) is 0 Å². The highest BCUT2D eigenvalue weighted by molar-refractivity contribution is 6.10. The molecule has 54 heavy (non-hydrogen) atoms. The highest BCUT2D eigenvalue weighted by Gasteiger charge is 2.56. The molecule has 0 saturated heterocycles. The molecule has 6 aromatic carbocycles. The van der Waals surface area contributed by atoms with Crippen LogP contribution in [0.5, 0.6) is 0 Å². The maximum absolute atomic E-state index is 6.20. The lowest BCUT2D eigenvalue weighted by Crippen LogP contribution is -2.58. The zero-order valence-corrected chi connectivity index (χ0v) is 31.0. The molecule has 3 nitrogen and oxygen atoms in total. The van der Waals surface area contributed by atoms with E-state index in [1.807, 2.05) is 24.4 Å². The number of furan rings is 1. The third kappa shape index (κ3) is 4.10. The number of allylic oxidation sites excluding steroid dienone is 4. The number of benzene rings is 6. The SMILES string of the molecule is CC1C=CC2(C)C3=C1C(C)(c1cc4ccccc4c4ccccc14)C=CC3(C)N(c1ccc(-c3cnc4c(c3)oc3ccccc34)cc1)c1ccccc12. The first-order valence-electron chi connectivity index (χ1n) is 19.1. The molecule has 3 heterocycles. The minimum atomic E-state index is -0.417. The van der Waals surface area contributed by atoms with Crippen LogP contribution in [-0.4, -0.2) is 10.5 Å². The summed E-state index contributed by atoms with van der Waals surface area (Å²) in [7, 11) is 0. The normalized spacial score (nSPS) is 24.4. The summed E-state index contributed by atoms with van der Waals surface area (Å²) >= 11 is 0. The third-order valence-electron chi connectivity index (χ3n) is 12.9. The van der Waals surface area contributed by atoms with Crippen LogP contribution in [0.2, 0.25) is 0 Å². The number of anilines is 2. The number of pyridine rings is 1. The summed E-state index contributed by atoms with van der Waals surface area (Å²) in [6.07, 6.45) is 12.0. The largest absolute Gasteiger partial charge is 0.454 e. The van der Waals surface area contributed by atoms with Crippen LogP contribution in [0.15, 0.2) is 180 Å². The van der Waals surface area contributed by atoms with Crippen LogP contribution in [-0.2, 0) is 10.8 Å². The van der Waals surface area contributed by atoms with Crippen LogP contribution >= 0.6 is 0 Å². The van der Waals surface area contributed by atoms with Gasteiger partial charge in [0.15, 0.2) is 5.58 Å². The molecular weight excluding hydrogens is 657 g/mol. The van der Waals surface area contributed by atoms with Crippen molar-refractivity contribution in [1.82, 2.24) is 4.98 Å². The molecule has 1 aliphatic heterocycles. The predicted octanol–water partition coefficient (Wildman–Crippen LogP) is 13.2. The fourth-order valence-electron chi connectivity index (χ4n) is 10.5. The second-order valence-electron chi connectivity index (χ2n) is 16.1. The average molecular weight is 697 g/mol. The van der Waals surface area contributed by atoms with Gasteiger partial charge in [-0.15, -0.1) is 0 Å². The quantitative estimate of drug-likeness (QED) is 0.136. The third-order valence-corrected chi connectivity index (χ3v) is 12.9. The highest BCUT2D eigenvalue weighted by atomic mass is 16.3. The van der Waals surface area contributed by atoms with Crippen molar-refractivity contribution < 1.29 is 4.42 Å². The minimum Gasteiger partial charge on any atom is -0.454 e. The van der Waals surface area contributed by atoms with E-state index < -0.39 is 5.54 Å². The van der Waals surface area contributed by atoms with Crippen molar-refractivity contribution in [2.75, 3.05) is 4.90 Å². The summed E-state index contributed by atoms with van der Waals surface area (Å²) in [5.74, 6) is 0.253. The lowest BCUT2D eigenvalue weighted by Gasteiger charge is -2.59. The van der Waals surface area contributed by atoms with Crippen LogP contribution < -0.4 is 4.90 Å². The van der Waals surface area contributed by atoms with E-state index in [1.54, 1.807) is 0 Å². The predicted molar refractivity (Wildman–Crippen MR) is 225 cm³/mol. The lowest BCUT2D eigenvalue weighted by molar-refractivity contribution is 0.442. The molecule has 3 heteroatoms. The Morgan fingerprint density at radius 2 is 1.30 bits per heavy atom. The summed E-state index contributed by atoms with van der Waals surface area (Å²) < 4.78 is 6.20. The van der Waals surface area contributed by atoms with Gasteiger partial charge in [-0.25, -0.2) is 0 Å². The van der Waals surface area contributed by atoms with Gasteiger partial charge in [0.05, 0.1) is 5.54 Å². The molecule has 4 atom stereocenters. The Bertz CT molecular complexity index is 2960. The van der Waals surface area contributed by atoms with Gasteiger partial charge in [0, 0.05) is 39.4 Å². The van der Waals surface area contributed by atoms with E-state index in [4.69, 9.17) is 9.40 Å². The van der Waals surface area contributed by atoms with Crippen LogP contribution in [0.25, 0.3) is 54.7 Å². The van der Waals surface area contributed by atoms with Crippen LogP contribution in [0.4, 0.5) is 11.4 Å². The standard InChI is InChI=1S/C51H40N2O/c1-32-25-26-50(3)41-18-10-11-19-43(41)53(36-23-21-33(22-24-36)35-30-45-47(52-31-35)40-17-9-12-20-44(40)54-45)51(4)28-27-49(2,46(32)48(50)51)42-29-34-13-5-6-14-37(34)38-15-7-8-16-39(38)42/h5-32H,1-4H3. The minimum absolute atomic E-state index is 0.253. The van der Waals surface area contributed by atoms with E-state index in [0.29, 0.717) is 0 Å². The first kappa shape index (κ1) is 31.3. The van der Waals surface area contributed by atoms with Crippen molar-refractivity contribution in [2.45, 2.75) is 44.1 Å². The molecule has 0 saturated carbocycles. The molecule has 0 bridgehead atoms. The van der Waals surface area contributed by atoms with E-state index in [-0.39, 0.29) is 16.7 Å². The van der Waals surface area contributed by atoms with Gasteiger partial charge in [-0.2, -0.15) is 0 Å². The number of rotatable bonds is 3. The van der Waals surface area contributed by atoms with Gasteiger partial charge in [0.1, 0.15) is 11.1 Å². The van der Waals surface area contributed by atoms with Crippen LogP contribution in [0.1, 0.15) is 38.8 Å². The molecule has 3 aliphatic rings. The molecule has 0 radical (unpaired) electrons. The fourth-order valence-corrected chi connectivity index (χ4v) is 10.5. The average Bonchev–Trinajstić information content (AvgIpc) is 3.58. The zero-order valence-electron chi connectivity index (χ0n) is 31.0. The topological polar surface area (TPSA) is 29.3 Å². The van der Waals surface area contributed by atoms with Gasteiger partial charge in [-0.05, 0) is 119 Å². The summed E-state index contributed by atoms with van der Waals surface area (Å²) in [5.41, 5.74) is 11.8. The molecule has 0 N–H and O–H groups in total. The number of hydrogen-bond donors (Lipinski definition) is 0. The Morgan fingerprint density at radius 3 is 2.13 bits per heavy atom. The van der Waals surface area contributed by atoms with Crippen molar-refractivity contribution in [3.8, 4) is 11.1 Å². The molecule has 260 valence electrons. The van der Waals surface area contributed by atoms with Crippen molar-refractivity contribution in [3.05, 3.63) is 186 Å². The second-order valence-corrected chi connectivity index (χ2v) is 16.1. The van der Waals surface area contributed by atoms with E-state index in [9.17, 15) is 0 Å². The van der Waals surface area contributed by atoms with E-state index in [2.05, 4.69) is 172 Å². The van der Waals surface area contributed by atoms with Gasteiger partial charge >= 0.3 is 0 Å². The molecule has 8 aromatic rings. The van der Waals surface area contributed by atoms with Crippen molar-refractivity contribution >= 4 is 55.0 Å². The fraction of sp³-hybridized carbons (Fsp3) is 0.157. The smallest absolute Gasteiger partial charge is 0.154 e. The van der Waals surface area contributed by atoms with Crippen molar-refractivity contribution in [1.29, 1.82) is 0 Å². The number of aromatic nitrogens is 1. The van der Waals surface area contributed by atoms with Gasteiger partial charge < -0.3 is 9.32 Å². The number of nitrogens with zero attached hydrogens (tertiary/aromatic N) is 2. The van der Waals surface area contributed by atoms with Gasteiger partial charge in [-0.1, -0.05) is 122 Å². The molecule has 2 aliphatic carbocycles. The highest BCUT2D eigenvalue weighted by Crippen LogP contribution is 2.62. The van der Waals surface area contributed by atoms with Crippen LogP contribution in [0.3, 0.4) is 0 Å². The van der Waals surface area contributed by atoms with Crippen molar-refractivity contribution in [2.24, 2.45) is 5.92 Å². The molecule has 0 amide bonds. The summed E-state index contributed by atoms with van der Waals surface area (Å²) in [4.78, 5) is 7.44. The number of fused-ring (bicyclic) bond motifs is 8. The number of hydrogen-bond acceptors (Lipinski definition) is 3. The first-order valence-corrected chi connectivity index (χ1v) is 19.1. The van der Waals surface area contributed by atoms with E-state index in [1.165, 1.54) is 49.5 Å². The first-order chi connectivity index (χ1) is 26.3. The maximum atomic E-state index is 6.20. The molecule has 4 unspecified atom stereocenters.